The third-order valence-electron chi connectivity index (χ3n) is 4.69. The van der Waals surface area contributed by atoms with Crippen LogP contribution in [0, 0.1) is 23.2 Å². The number of ketones is 1. The summed E-state index contributed by atoms with van der Waals surface area (Å²) in [6, 6.07) is 0. The van der Waals surface area contributed by atoms with E-state index >= 15 is 0 Å². The van der Waals surface area contributed by atoms with E-state index in [9.17, 15) is 4.79 Å². The molecule has 2 saturated carbocycles. The largest absolute Gasteiger partial charge is 0.299 e. The second-order valence-electron chi connectivity index (χ2n) is 5.33. The lowest BCUT2D eigenvalue weighted by molar-refractivity contribution is -0.128. The molecule has 3 rings (SSSR count). The van der Waals surface area contributed by atoms with Crippen molar-refractivity contribution in [3.8, 4) is 0 Å². The number of hydrogen-bond donors (Lipinski definition) is 0. The van der Waals surface area contributed by atoms with Gasteiger partial charge >= 0.3 is 0 Å². The molecule has 0 aliphatic heterocycles. The van der Waals surface area contributed by atoms with Crippen LogP contribution in [0.1, 0.15) is 33.1 Å². The van der Waals surface area contributed by atoms with E-state index in [0.29, 0.717) is 11.7 Å². The van der Waals surface area contributed by atoms with Gasteiger partial charge in [0.05, 0.1) is 0 Å². The molecule has 0 saturated heterocycles. The first-order valence-electron chi connectivity index (χ1n) is 5.33. The van der Waals surface area contributed by atoms with Crippen LogP contribution in [0.2, 0.25) is 0 Å². The van der Waals surface area contributed by atoms with E-state index < -0.39 is 0 Å². The summed E-state index contributed by atoms with van der Waals surface area (Å²) in [7, 11) is 0. The lowest BCUT2D eigenvalue weighted by Gasteiger charge is -2.32. The summed E-state index contributed by atoms with van der Waals surface area (Å²) in [6.45, 7) is 4.41. The highest BCUT2D eigenvalue weighted by Crippen LogP contribution is 2.63. The summed E-state index contributed by atoms with van der Waals surface area (Å²) in [4.78, 5) is 11.8. The minimum absolute atomic E-state index is 0.0341. The zero-order chi connectivity index (χ0) is 9.22. The Hall–Kier alpha value is -0.590. The molecule has 3 aliphatic rings. The lowest BCUT2D eigenvalue weighted by atomic mass is 9.70. The van der Waals surface area contributed by atoms with Crippen molar-refractivity contribution in [2.45, 2.75) is 33.1 Å². The molecule has 13 heavy (non-hydrogen) atoms. The minimum Gasteiger partial charge on any atom is -0.299 e. The van der Waals surface area contributed by atoms with Gasteiger partial charge in [0.25, 0.3) is 0 Å². The van der Waals surface area contributed by atoms with Gasteiger partial charge in [-0.1, -0.05) is 18.6 Å². The van der Waals surface area contributed by atoms with Crippen LogP contribution in [0.25, 0.3) is 0 Å². The van der Waals surface area contributed by atoms with Crippen molar-refractivity contribution < 1.29 is 4.79 Å². The molecule has 0 N–H and O–H groups in total. The van der Waals surface area contributed by atoms with Crippen molar-refractivity contribution in [1.29, 1.82) is 0 Å². The van der Waals surface area contributed by atoms with Crippen LogP contribution in [-0.4, -0.2) is 5.78 Å². The fraction of sp³-hybridized carbons (Fsp3) is 0.750. The molecule has 3 aliphatic carbocycles. The standard InChI is InChI=1S/C12H16O/c1-7-3-4-9-8-5-10(13)12(2,6-8)11(7)9/h3,8-9,11H,4-6H2,1-2H3. The van der Waals surface area contributed by atoms with Gasteiger partial charge in [-0.25, -0.2) is 0 Å². The topological polar surface area (TPSA) is 17.1 Å². The van der Waals surface area contributed by atoms with E-state index in [0.717, 1.165) is 18.3 Å². The molecular weight excluding hydrogens is 160 g/mol. The van der Waals surface area contributed by atoms with E-state index in [-0.39, 0.29) is 5.41 Å². The van der Waals surface area contributed by atoms with Gasteiger partial charge in [-0.15, -0.1) is 0 Å². The molecule has 70 valence electrons. The highest BCUT2D eigenvalue weighted by molar-refractivity contribution is 5.89. The molecule has 4 atom stereocenters. The molecule has 2 bridgehead atoms. The molecule has 4 unspecified atom stereocenters. The third-order valence-corrected chi connectivity index (χ3v) is 4.69. The maximum atomic E-state index is 11.8. The van der Waals surface area contributed by atoms with Crippen LogP contribution in [0.3, 0.4) is 0 Å². The van der Waals surface area contributed by atoms with Crippen LogP contribution >= 0.6 is 0 Å². The van der Waals surface area contributed by atoms with E-state index in [4.69, 9.17) is 0 Å². The summed E-state index contributed by atoms with van der Waals surface area (Å²) in [5.41, 5.74) is 1.52. The Labute approximate surface area is 79.2 Å². The average molecular weight is 176 g/mol. The van der Waals surface area contributed by atoms with Crippen molar-refractivity contribution in [2.24, 2.45) is 23.2 Å². The van der Waals surface area contributed by atoms with E-state index in [1.807, 2.05) is 0 Å². The van der Waals surface area contributed by atoms with Crippen molar-refractivity contribution in [2.75, 3.05) is 0 Å². The Morgan fingerprint density at radius 2 is 2.31 bits per heavy atom. The predicted molar refractivity (Wildman–Crippen MR) is 51.2 cm³/mol. The summed E-state index contributed by atoms with van der Waals surface area (Å²) >= 11 is 0. The molecule has 0 aromatic heterocycles. The first-order chi connectivity index (χ1) is 6.13. The molecule has 0 aromatic carbocycles. The molecule has 1 nitrogen and oxygen atoms in total. The Morgan fingerprint density at radius 3 is 3.08 bits per heavy atom. The fourth-order valence-corrected chi connectivity index (χ4v) is 4.17. The second-order valence-corrected chi connectivity index (χ2v) is 5.33. The number of Topliss-reactive ketones (excluding diaryl/α,β-unsaturated/α-hetero) is 1. The van der Waals surface area contributed by atoms with Crippen LogP contribution in [-0.2, 0) is 4.79 Å². The molecular formula is C12H16O. The molecule has 1 heteroatoms. The van der Waals surface area contributed by atoms with Crippen LogP contribution in [0.5, 0.6) is 0 Å². The van der Waals surface area contributed by atoms with Gasteiger partial charge in [0, 0.05) is 11.8 Å². The number of carbonyl (C=O) groups excluding carboxylic acids is 1. The van der Waals surface area contributed by atoms with Gasteiger partial charge in [-0.2, -0.15) is 0 Å². The molecule has 0 spiro atoms. The zero-order valence-electron chi connectivity index (χ0n) is 8.34. The van der Waals surface area contributed by atoms with Crippen molar-refractivity contribution in [1.82, 2.24) is 0 Å². The number of carbonyl (C=O) groups is 1. The van der Waals surface area contributed by atoms with Gasteiger partial charge in [0.15, 0.2) is 0 Å². The smallest absolute Gasteiger partial charge is 0.139 e. The van der Waals surface area contributed by atoms with Gasteiger partial charge in [0.2, 0.25) is 0 Å². The highest BCUT2D eigenvalue weighted by atomic mass is 16.1. The number of allylic oxidation sites excluding steroid dienone is 2. The monoisotopic (exact) mass is 176 g/mol. The third kappa shape index (κ3) is 0.722. The van der Waals surface area contributed by atoms with Crippen molar-refractivity contribution in [3.05, 3.63) is 11.6 Å². The summed E-state index contributed by atoms with van der Waals surface area (Å²) < 4.78 is 0. The molecule has 2 fully saturated rings. The first kappa shape index (κ1) is 7.78. The zero-order valence-corrected chi connectivity index (χ0v) is 8.34. The van der Waals surface area contributed by atoms with Gasteiger partial charge in [-0.3, -0.25) is 4.79 Å². The van der Waals surface area contributed by atoms with Crippen molar-refractivity contribution in [3.63, 3.8) is 0 Å². The first-order valence-corrected chi connectivity index (χ1v) is 5.33. The lowest BCUT2D eigenvalue weighted by Crippen LogP contribution is -2.34. The normalized spacial score (nSPS) is 52.6. The SMILES string of the molecule is CC1=CCC2C3CC(=O)C(C)(C3)C12. The molecule has 0 aromatic rings. The summed E-state index contributed by atoms with van der Waals surface area (Å²) in [6.07, 6.45) is 5.65. The number of fused-ring (bicyclic) bond motifs is 5. The van der Waals surface area contributed by atoms with Crippen LogP contribution < -0.4 is 0 Å². The van der Waals surface area contributed by atoms with Gasteiger partial charge in [-0.05, 0) is 37.5 Å². The van der Waals surface area contributed by atoms with E-state index in [1.54, 1.807) is 0 Å². The summed E-state index contributed by atoms with van der Waals surface area (Å²) in [5, 5.41) is 0. The Balaban J connectivity index is 2.08. The fourth-order valence-electron chi connectivity index (χ4n) is 4.17. The quantitative estimate of drug-likeness (QED) is 0.518. The van der Waals surface area contributed by atoms with E-state index in [1.165, 1.54) is 18.4 Å². The van der Waals surface area contributed by atoms with Gasteiger partial charge < -0.3 is 0 Å². The second kappa shape index (κ2) is 2.08. The number of hydrogen-bond acceptors (Lipinski definition) is 1. The molecule has 0 amide bonds. The summed E-state index contributed by atoms with van der Waals surface area (Å²) in [5.74, 6) is 2.69. The predicted octanol–water partition coefficient (Wildman–Crippen LogP) is 2.57. The van der Waals surface area contributed by atoms with Crippen LogP contribution in [0.4, 0.5) is 0 Å². The Kier molecular flexibility index (Phi) is 1.24. The minimum atomic E-state index is 0.0341. The average Bonchev–Trinajstić information content (AvgIpc) is 2.63. The maximum absolute atomic E-state index is 11.8. The highest BCUT2D eigenvalue weighted by Gasteiger charge is 2.61. The maximum Gasteiger partial charge on any atom is 0.139 e. The van der Waals surface area contributed by atoms with E-state index in [2.05, 4.69) is 19.9 Å². The molecule has 0 heterocycles. The van der Waals surface area contributed by atoms with Gasteiger partial charge in [0.1, 0.15) is 5.78 Å². The Morgan fingerprint density at radius 1 is 1.54 bits per heavy atom. The van der Waals surface area contributed by atoms with Crippen LogP contribution in [0.15, 0.2) is 11.6 Å². The Bertz CT molecular complexity index is 315. The van der Waals surface area contributed by atoms with Crippen molar-refractivity contribution >= 4 is 5.78 Å². The molecule has 0 radical (unpaired) electrons. The number of rotatable bonds is 0.